The summed E-state index contributed by atoms with van der Waals surface area (Å²) in [4.78, 5) is 12.4. The second-order valence-electron chi connectivity index (χ2n) is 6.14. The average molecular weight is 379 g/mol. The zero-order valence-electron chi connectivity index (χ0n) is 14.6. The Kier molecular flexibility index (Phi) is 4.72. The van der Waals surface area contributed by atoms with Crippen molar-refractivity contribution in [1.82, 2.24) is 15.5 Å². The Hall–Kier alpha value is -3.74. The lowest BCUT2D eigenvalue weighted by Gasteiger charge is -2.05. The van der Waals surface area contributed by atoms with E-state index in [2.05, 4.69) is 15.5 Å². The SMILES string of the molecule is O=C(NCc1ccco1)c1cc2c(/C=C/c3cccc(F)c3)n[nH]c2cc1F. The van der Waals surface area contributed by atoms with Crippen molar-refractivity contribution in [2.24, 2.45) is 0 Å². The molecule has 0 aliphatic carbocycles. The molecule has 0 aliphatic rings. The third-order valence-corrected chi connectivity index (χ3v) is 4.21. The highest BCUT2D eigenvalue weighted by molar-refractivity contribution is 6.00. The number of carbonyl (C=O) groups excluding carboxylic acids is 1. The van der Waals surface area contributed by atoms with E-state index in [4.69, 9.17) is 4.42 Å². The van der Waals surface area contributed by atoms with Gasteiger partial charge < -0.3 is 9.73 Å². The number of hydrogen-bond donors (Lipinski definition) is 2. The Morgan fingerprint density at radius 3 is 2.82 bits per heavy atom. The van der Waals surface area contributed by atoms with Crippen molar-refractivity contribution in [2.45, 2.75) is 6.54 Å². The average Bonchev–Trinajstić information content (AvgIpc) is 3.33. The summed E-state index contributed by atoms with van der Waals surface area (Å²) in [5.74, 6) is -0.991. The first-order chi connectivity index (χ1) is 13.6. The lowest BCUT2D eigenvalue weighted by molar-refractivity contribution is 0.0944. The quantitative estimate of drug-likeness (QED) is 0.535. The number of carbonyl (C=O) groups is 1. The molecule has 0 spiro atoms. The van der Waals surface area contributed by atoms with Crippen LogP contribution in [0.5, 0.6) is 0 Å². The molecule has 2 aromatic carbocycles. The van der Waals surface area contributed by atoms with E-state index < -0.39 is 11.7 Å². The highest BCUT2D eigenvalue weighted by Gasteiger charge is 2.16. The van der Waals surface area contributed by atoms with Crippen LogP contribution in [0.25, 0.3) is 23.1 Å². The van der Waals surface area contributed by atoms with Gasteiger partial charge in [-0.25, -0.2) is 8.78 Å². The maximum absolute atomic E-state index is 14.3. The van der Waals surface area contributed by atoms with Crippen molar-refractivity contribution < 1.29 is 18.0 Å². The molecular weight excluding hydrogens is 364 g/mol. The lowest BCUT2D eigenvalue weighted by Crippen LogP contribution is -2.23. The summed E-state index contributed by atoms with van der Waals surface area (Å²) in [6.07, 6.45) is 4.87. The maximum atomic E-state index is 14.3. The first-order valence-electron chi connectivity index (χ1n) is 8.52. The van der Waals surface area contributed by atoms with Crippen LogP contribution in [0.3, 0.4) is 0 Å². The number of nitrogens with zero attached hydrogens (tertiary/aromatic N) is 1. The molecule has 7 heteroatoms. The Morgan fingerprint density at radius 1 is 1.14 bits per heavy atom. The van der Waals surface area contributed by atoms with Crippen molar-refractivity contribution in [3.8, 4) is 0 Å². The molecule has 0 aliphatic heterocycles. The lowest BCUT2D eigenvalue weighted by atomic mass is 10.1. The Balaban J connectivity index is 1.61. The van der Waals surface area contributed by atoms with E-state index in [0.29, 0.717) is 27.9 Å². The molecule has 0 saturated carbocycles. The van der Waals surface area contributed by atoms with E-state index in [1.165, 1.54) is 30.5 Å². The molecule has 140 valence electrons. The fraction of sp³-hybridized carbons (Fsp3) is 0.0476. The largest absolute Gasteiger partial charge is 0.467 e. The predicted molar refractivity (Wildman–Crippen MR) is 101 cm³/mol. The van der Waals surface area contributed by atoms with Gasteiger partial charge >= 0.3 is 0 Å². The minimum Gasteiger partial charge on any atom is -0.467 e. The number of H-pyrrole nitrogens is 1. The van der Waals surface area contributed by atoms with E-state index in [1.54, 1.807) is 36.4 Å². The summed E-state index contributed by atoms with van der Waals surface area (Å²) in [6.45, 7) is 0.154. The van der Waals surface area contributed by atoms with Gasteiger partial charge in [0.15, 0.2) is 0 Å². The zero-order chi connectivity index (χ0) is 19.5. The highest BCUT2D eigenvalue weighted by atomic mass is 19.1. The van der Waals surface area contributed by atoms with Crippen LogP contribution in [-0.4, -0.2) is 16.1 Å². The Bertz CT molecular complexity index is 1160. The van der Waals surface area contributed by atoms with E-state index in [-0.39, 0.29) is 17.9 Å². The highest BCUT2D eigenvalue weighted by Crippen LogP contribution is 2.22. The third kappa shape index (κ3) is 3.68. The third-order valence-electron chi connectivity index (χ3n) is 4.21. The van der Waals surface area contributed by atoms with E-state index >= 15 is 0 Å². The van der Waals surface area contributed by atoms with Gasteiger partial charge in [0.1, 0.15) is 17.4 Å². The van der Waals surface area contributed by atoms with Crippen LogP contribution in [0, 0.1) is 11.6 Å². The van der Waals surface area contributed by atoms with Crippen molar-refractivity contribution >= 4 is 29.0 Å². The monoisotopic (exact) mass is 379 g/mol. The van der Waals surface area contributed by atoms with Gasteiger partial charge in [0, 0.05) is 11.5 Å². The number of fused-ring (bicyclic) bond motifs is 1. The molecule has 0 saturated heterocycles. The number of benzene rings is 2. The summed E-state index contributed by atoms with van der Waals surface area (Å²) in [6, 6.07) is 12.2. The smallest absolute Gasteiger partial charge is 0.254 e. The van der Waals surface area contributed by atoms with Gasteiger partial charge in [-0.05, 0) is 42.0 Å². The number of nitrogens with one attached hydrogen (secondary N) is 2. The number of hydrogen-bond acceptors (Lipinski definition) is 3. The predicted octanol–water partition coefficient (Wildman–Crippen LogP) is 4.53. The molecule has 1 amide bonds. The zero-order valence-corrected chi connectivity index (χ0v) is 14.6. The standard InChI is InChI=1S/C21H15F2N3O2/c22-14-4-1-3-13(9-14)6-7-19-17-10-16(18(23)11-20(17)26-25-19)21(27)24-12-15-5-2-8-28-15/h1-11H,12H2,(H,24,27)(H,25,26)/b7-6+. The minimum absolute atomic E-state index is 0.0964. The molecule has 0 unspecified atom stereocenters. The Labute approximate surface area is 158 Å². The van der Waals surface area contributed by atoms with Crippen LogP contribution in [0.1, 0.15) is 27.4 Å². The van der Waals surface area contributed by atoms with Crippen LogP contribution in [-0.2, 0) is 6.54 Å². The summed E-state index contributed by atoms with van der Waals surface area (Å²) in [5.41, 5.74) is 1.54. The molecule has 2 aromatic heterocycles. The van der Waals surface area contributed by atoms with Gasteiger partial charge in [-0.3, -0.25) is 9.89 Å². The van der Waals surface area contributed by atoms with Crippen LogP contribution in [0.15, 0.2) is 59.2 Å². The van der Waals surface area contributed by atoms with E-state index in [0.717, 1.165) is 0 Å². The van der Waals surface area contributed by atoms with E-state index in [1.807, 2.05) is 0 Å². The summed E-state index contributed by atoms with van der Waals surface area (Å²) in [5, 5.41) is 10.1. The normalized spacial score (nSPS) is 11.4. The molecule has 4 rings (SSSR count). The van der Waals surface area contributed by atoms with Crippen LogP contribution in [0.4, 0.5) is 8.78 Å². The van der Waals surface area contributed by atoms with Crippen LogP contribution in [0.2, 0.25) is 0 Å². The number of furan rings is 1. The van der Waals surface area contributed by atoms with Gasteiger partial charge in [0.2, 0.25) is 0 Å². The number of rotatable bonds is 5. The second kappa shape index (κ2) is 7.48. The second-order valence-corrected chi connectivity index (χ2v) is 6.14. The number of aromatic nitrogens is 2. The molecule has 2 heterocycles. The van der Waals surface area contributed by atoms with Gasteiger partial charge in [-0.15, -0.1) is 0 Å². The maximum Gasteiger partial charge on any atom is 0.254 e. The molecule has 5 nitrogen and oxygen atoms in total. The summed E-state index contributed by atoms with van der Waals surface area (Å²) >= 11 is 0. The fourth-order valence-corrected chi connectivity index (χ4v) is 2.82. The topological polar surface area (TPSA) is 70.9 Å². The van der Waals surface area contributed by atoms with Crippen molar-refractivity contribution in [3.05, 3.63) is 89.0 Å². The Morgan fingerprint density at radius 2 is 2.04 bits per heavy atom. The van der Waals surface area contributed by atoms with Crippen LogP contribution < -0.4 is 5.32 Å². The molecule has 0 bridgehead atoms. The van der Waals surface area contributed by atoms with E-state index in [9.17, 15) is 13.6 Å². The number of aromatic amines is 1. The molecular formula is C21H15F2N3O2. The van der Waals surface area contributed by atoms with Gasteiger partial charge in [0.05, 0.1) is 29.6 Å². The fourth-order valence-electron chi connectivity index (χ4n) is 2.82. The molecule has 0 fully saturated rings. The van der Waals surface area contributed by atoms with Gasteiger partial charge in [-0.2, -0.15) is 5.10 Å². The van der Waals surface area contributed by atoms with Crippen molar-refractivity contribution in [2.75, 3.05) is 0 Å². The molecule has 2 N–H and O–H groups in total. The molecule has 28 heavy (non-hydrogen) atoms. The molecule has 0 radical (unpaired) electrons. The van der Waals surface area contributed by atoms with Crippen molar-refractivity contribution in [3.63, 3.8) is 0 Å². The van der Waals surface area contributed by atoms with Crippen LogP contribution >= 0.6 is 0 Å². The minimum atomic E-state index is -0.659. The summed E-state index contributed by atoms with van der Waals surface area (Å²) in [7, 11) is 0. The molecule has 0 atom stereocenters. The number of halogens is 2. The first-order valence-corrected chi connectivity index (χ1v) is 8.52. The summed E-state index contributed by atoms with van der Waals surface area (Å²) < 4.78 is 32.8. The molecule has 4 aromatic rings. The number of amides is 1. The van der Waals surface area contributed by atoms with Crippen molar-refractivity contribution in [1.29, 1.82) is 0 Å². The van der Waals surface area contributed by atoms with Gasteiger partial charge in [-0.1, -0.05) is 18.2 Å². The first kappa shape index (κ1) is 17.7. The van der Waals surface area contributed by atoms with Gasteiger partial charge in [0.25, 0.3) is 5.91 Å².